The molecule has 1 aromatic rings. The van der Waals surface area contributed by atoms with E-state index in [1.54, 1.807) is 0 Å². The average molecular weight is 274 g/mol. The fourth-order valence-electron chi connectivity index (χ4n) is 1.68. The molecule has 0 bridgehead atoms. The number of benzene rings is 1. The highest BCUT2D eigenvalue weighted by atomic mass is 19.4. The Balaban J connectivity index is 3.15. The minimum absolute atomic E-state index is 0.163. The van der Waals surface area contributed by atoms with Crippen LogP contribution in [-0.4, -0.2) is 36.5 Å². The van der Waals surface area contributed by atoms with E-state index < -0.39 is 17.3 Å². The maximum atomic E-state index is 12.6. The quantitative estimate of drug-likeness (QED) is 0.851. The molecule has 0 spiro atoms. The van der Waals surface area contributed by atoms with E-state index in [1.165, 1.54) is 17.0 Å². The van der Waals surface area contributed by atoms with Gasteiger partial charge in [-0.15, -0.1) is 0 Å². The summed E-state index contributed by atoms with van der Waals surface area (Å²) < 4.78 is 37.9. The third-order valence-electron chi connectivity index (χ3n) is 2.53. The van der Waals surface area contributed by atoms with Gasteiger partial charge in [0, 0.05) is 18.8 Å². The van der Waals surface area contributed by atoms with E-state index in [0.717, 1.165) is 12.1 Å². The van der Waals surface area contributed by atoms with Gasteiger partial charge >= 0.3 is 6.18 Å². The van der Waals surface area contributed by atoms with Crippen LogP contribution in [0.1, 0.15) is 11.1 Å². The van der Waals surface area contributed by atoms with Crippen LogP contribution in [0.15, 0.2) is 18.2 Å². The van der Waals surface area contributed by atoms with Crippen LogP contribution < -0.4 is 4.90 Å². The summed E-state index contributed by atoms with van der Waals surface area (Å²) in [5.74, 6) is 0. The Bertz CT molecular complexity index is 463. The number of aliphatic hydroxyl groups excluding tert-OH is 2. The van der Waals surface area contributed by atoms with Crippen LogP contribution in [0.3, 0.4) is 0 Å². The number of nitrogens with zero attached hydrogens (tertiary/aromatic N) is 2. The Labute approximate surface area is 108 Å². The molecule has 4 nitrogen and oxygen atoms in total. The molecule has 0 aliphatic heterocycles. The van der Waals surface area contributed by atoms with E-state index >= 15 is 0 Å². The number of rotatable bonds is 5. The van der Waals surface area contributed by atoms with E-state index in [9.17, 15) is 13.2 Å². The molecular weight excluding hydrogens is 261 g/mol. The number of alkyl halides is 3. The van der Waals surface area contributed by atoms with Crippen molar-refractivity contribution in [3.8, 4) is 6.07 Å². The predicted octanol–water partition coefficient (Wildman–Crippen LogP) is 1.37. The third kappa shape index (κ3) is 3.84. The van der Waals surface area contributed by atoms with E-state index in [2.05, 4.69) is 0 Å². The summed E-state index contributed by atoms with van der Waals surface area (Å²) in [5, 5.41) is 26.5. The summed E-state index contributed by atoms with van der Waals surface area (Å²) in [4.78, 5) is 1.50. The van der Waals surface area contributed by atoms with Gasteiger partial charge < -0.3 is 15.1 Å². The lowest BCUT2D eigenvalue weighted by Gasteiger charge is -2.23. The van der Waals surface area contributed by atoms with Crippen LogP contribution in [0.4, 0.5) is 18.9 Å². The molecular formula is C12H13F3N2O2. The van der Waals surface area contributed by atoms with Crippen molar-refractivity contribution in [1.29, 1.82) is 5.26 Å². The molecule has 0 aliphatic rings. The van der Waals surface area contributed by atoms with Crippen LogP contribution in [0.25, 0.3) is 0 Å². The summed E-state index contributed by atoms with van der Waals surface area (Å²) in [5.41, 5.74) is -1.12. The predicted molar refractivity (Wildman–Crippen MR) is 62.5 cm³/mol. The number of anilines is 1. The first kappa shape index (κ1) is 15.3. The Morgan fingerprint density at radius 1 is 1.16 bits per heavy atom. The van der Waals surface area contributed by atoms with Gasteiger partial charge in [0.05, 0.1) is 30.4 Å². The molecule has 19 heavy (non-hydrogen) atoms. The normalized spacial score (nSPS) is 11.2. The molecule has 104 valence electrons. The zero-order chi connectivity index (χ0) is 14.5. The summed E-state index contributed by atoms with van der Waals surface area (Å²) in [6, 6.07) is 4.66. The van der Waals surface area contributed by atoms with Crippen LogP contribution >= 0.6 is 0 Å². The fraction of sp³-hybridized carbons (Fsp3) is 0.417. The molecule has 0 saturated heterocycles. The fourth-order valence-corrected chi connectivity index (χ4v) is 1.68. The lowest BCUT2D eigenvalue weighted by atomic mass is 10.1. The van der Waals surface area contributed by atoms with Gasteiger partial charge in [0.1, 0.15) is 0 Å². The lowest BCUT2D eigenvalue weighted by molar-refractivity contribution is -0.137. The van der Waals surface area contributed by atoms with Crippen LogP contribution in [0.2, 0.25) is 0 Å². The smallest absolute Gasteiger partial charge is 0.395 e. The second kappa shape index (κ2) is 6.41. The Morgan fingerprint density at radius 2 is 1.74 bits per heavy atom. The summed E-state index contributed by atoms with van der Waals surface area (Å²) in [7, 11) is 0. The molecule has 0 saturated carbocycles. The number of halogens is 3. The Morgan fingerprint density at radius 3 is 2.16 bits per heavy atom. The van der Waals surface area contributed by atoms with E-state index in [-0.39, 0.29) is 26.3 Å². The monoisotopic (exact) mass is 274 g/mol. The van der Waals surface area contributed by atoms with E-state index in [1.807, 2.05) is 0 Å². The standard InChI is InChI=1S/C12H13F3N2O2/c13-12(14,15)11-2-1-10(7-9(11)8-16)17(3-5-18)4-6-19/h1-2,7,18-19H,3-6H2. The van der Waals surface area contributed by atoms with Crippen molar-refractivity contribution in [2.75, 3.05) is 31.2 Å². The second-order valence-corrected chi connectivity index (χ2v) is 3.77. The first-order valence-corrected chi connectivity index (χ1v) is 5.52. The molecule has 0 amide bonds. The number of hydrogen-bond acceptors (Lipinski definition) is 4. The van der Waals surface area contributed by atoms with Gasteiger partial charge in [-0.2, -0.15) is 18.4 Å². The summed E-state index contributed by atoms with van der Waals surface area (Å²) >= 11 is 0. The third-order valence-corrected chi connectivity index (χ3v) is 2.53. The van der Waals surface area contributed by atoms with Crippen molar-refractivity contribution < 1.29 is 23.4 Å². The minimum atomic E-state index is -4.58. The molecule has 0 unspecified atom stereocenters. The van der Waals surface area contributed by atoms with Crippen LogP contribution in [0.5, 0.6) is 0 Å². The minimum Gasteiger partial charge on any atom is -0.395 e. The van der Waals surface area contributed by atoms with Gasteiger partial charge in [0.15, 0.2) is 0 Å². The summed E-state index contributed by atoms with van der Waals surface area (Å²) in [6.45, 7) is -0.0839. The van der Waals surface area contributed by atoms with Crippen molar-refractivity contribution in [2.45, 2.75) is 6.18 Å². The highest BCUT2D eigenvalue weighted by Crippen LogP contribution is 2.33. The van der Waals surface area contributed by atoms with Crippen molar-refractivity contribution in [3.05, 3.63) is 29.3 Å². The molecule has 2 N–H and O–H groups in total. The zero-order valence-electron chi connectivity index (χ0n) is 9.98. The van der Waals surface area contributed by atoms with Crippen molar-refractivity contribution in [1.82, 2.24) is 0 Å². The van der Waals surface area contributed by atoms with Crippen molar-refractivity contribution >= 4 is 5.69 Å². The summed E-state index contributed by atoms with van der Waals surface area (Å²) in [6.07, 6.45) is -4.58. The van der Waals surface area contributed by atoms with Crippen molar-refractivity contribution in [2.24, 2.45) is 0 Å². The number of aliphatic hydroxyl groups is 2. The number of hydrogen-bond donors (Lipinski definition) is 2. The van der Waals surface area contributed by atoms with E-state index in [4.69, 9.17) is 15.5 Å². The molecule has 0 aliphatic carbocycles. The molecule has 1 aromatic carbocycles. The maximum absolute atomic E-state index is 12.6. The second-order valence-electron chi connectivity index (χ2n) is 3.77. The molecule has 7 heteroatoms. The Hall–Kier alpha value is -1.78. The molecule has 0 aromatic heterocycles. The van der Waals surface area contributed by atoms with Crippen LogP contribution in [0, 0.1) is 11.3 Å². The van der Waals surface area contributed by atoms with Gasteiger partial charge in [-0.05, 0) is 18.2 Å². The first-order chi connectivity index (χ1) is 8.93. The molecule has 0 atom stereocenters. The van der Waals surface area contributed by atoms with Crippen LogP contribution in [-0.2, 0) is 6.18 Å². The van der Waals surface area contributed by atoms with Gasteiger partial charge in [-0.1, -0.05) is 0 Å². The van der Waals surface area contributed by atoms with Gasteiger partial charge in [-0.25, -0.2) is 0 Å². The van der Waals surface area contributed by atoms with Crippen molar-refractivity contribution in [3.63, 3.8) is 0 Å². The average Bonchev–Trinajstić information content (AvgIpc) is 2.36. The highest BCUT2D eigenvalue weighted by Gasteiger charge is 2.33. The molecule has 1 rings (SSSR count). The molecule has 0 radical (unpaired) electrons. The van der Waals surface area contributed by atoms with Gasteiger partial charge in [-0.3, -0.25) is 0 Å². The highest BCUT2D eigenvalue weighted by molar-refractivity contribution is 5.55. The van der Waals surface area contributed by atoms with Gasteiger partial charge in [0.25, 0.3) is 0 Å². The number of nitriles is 1. The first-order valence-electron chi connectivity index (χ1n) is 5.52. The zero-order valence-corrected chi connectivity index (χ0v) is 9.98. The van der Waals surface area contributed by atoms with E-state index in [0.29, 0.717) is 5.69 Å². The SMILES string of the molecule is N#Cc1cc(N(CCO)CCO)ccc1C(F)(F)F. The molecule has 0 heterocycles. The maximum Gasteiger partial charge on any atom is 0.417 e. The Kier molecular flexibility index (Phi) is 5.15. The topological polar surface area (TPSA) is 67.5 Å². The largest absolute Gasteiger partial charge is 0.417 e. The molecule has 0 fully saturated rings. The lowest BCUT2D eigenvalue weighted by Crippen LogP contribution is -2.29. The van der Waals surface area contributed by atoms with Gasteiger partial charge in [0.2, 0.25) is 0 Å².